The number of aryl methyl sites for hydroxylation is 1. The highest BCUT2D eigenvalue weighted by Gasteiger charge is 2.33. The molecule has 2 atom stereocenters. The molecule has 0 aromatic heterocycles. The van der Waals surface area contributed by atoms with E-state index in [0.29, 0.717) is 31.5 Å². The minimum atomic E-state index is 0.165. The van der Waals surface area contributed by atoms with Gasteiger partial charge in [0.25, 0.3) is 0 Å². The Morgan fingerprint density at radius 2 is 1.81 bits per heavy atom. The molecule has 138 valence electrons. The molecule has 2 aromatic carbocycles. The molecule has 1 heterocycles. The van der Waals surface area contributed by atoms with Crippen LogP contribution in [0.2, 0.25) is 0 Å². The van der Waals surface area contributed by atoms with E-state index in [-0.39, 0.29) is 5.91 Å². The van der Waals surface area contributed by atoms with Crippen molar-refractivity contribution >= 4 is 5.91 Å². The number of benzene rings is 2. The molecule has 4 heteroatoms. The Morgan fingerprint density at radius 1 is 1.12 bits per heavy atom. The lowest BCUT2D eigenvalue weighted by molar-refractivity contribution is -0.131. The van der Waals surface area contributed by atoms with Crippen molar-refractivity contribution in [2.24, 2.45) is 11.7 Å². The molecule has 1 aliphatic rings. The summed E-state index contributed by atoms with van der Waals surface area (Å²) < 4.78 is 0. The zero-order valence-corrected chi connectivity index (χ0v) is 15.8. The van der Waals surface area contributed by atoms with Gasteiger partial charge in [0.2, 0.25) is 5.91 Å². The first-order valence-corrected chi connectivity index (χ1v) is 9.34. The summed E-state index contributed by atoms with van der Waals surface area (Å²) in [5.74, 6) is 0.986. The first-order chi connectivity index (χ1) is 12.6. The molecule has 2 N–H and O–H groups in total. The third-order valence-electron chi connectivity index (χ3n) is 5.50. The van der Waals surface area contributed by atoms with Crippen LogP contribution in [0.1, 0.15) is 22.6 Å². The molecule has 1 fully saturated rings. The molecule has 2 aromatic rings. The number of carbonyl (C=O) groups excluding carboxylic acids is 1. The molecule has 1 amide bonds. The monoisotopic (exact) mass is 351 g/mol. The molecule has 3 rings (SSSR count). The van der Waals surface area contributed by atoms with E-state index in [9.17, 15) is 4.79 Å². The first-order valence-electron chi connectivity index (χ1n) is 9.34. The van der Waals surface area contributed by atoms with Crippen molar-refractivity contribution in [3.05, 3.63) is 71.3 Å². The van der Waals surface area contributed by atoms with Crippen molar-refractivity contribution < 1.29 is 4.79 Å². The Balaban J connectivity index is 1.60. The van der Waals surface area contributed by atoms with Crippen LogP contribution in [-0.4, -0.2) is 48.9 Å². The highest BCUT2D eigenvalue weighted by Crippen LogP contribution is 2.31. The predicted octanol–water partition coefficient (Wildman–Crippen LogP) is 2.63. The van der Waals surface area contributed by atoms with Gasteiger partial charge in [-0.1, -0.05) is 54.6 Å². The van der Waals surface area contributed by atoms with Crippen molar-refractivity contribution in [1.29, 1.82) is 0 Å². The zero-order valence-electron chi connectivity index (χ0n) is 15.8. The van der Waals surface area contributed by atoms with E-state index in [1.807, 2.05) is 30.1 Å². The topological polar surface area (TPSA) is 49.6 Å². The van der Waals surface area contributed by atoms with Crippen LogP contribution >= 0.6 is 0 Å². The molecule has 0 saturated carbocycles. The fourth-order valence-corrected chi connectivity index (χ4v) is 3.85. The summed E-state index contributed by atoms with van der Waals surface area (Å²) in [6.07, 6.45) is 0. The Morgan fingerprint density at radius 3 is 2.50 bits per heavy atom. The summed E-state index contributed by atoms with van der Waals surface area (Å²) in [6, 6.07) is 18.8. The lowest BCUT2D eigenvalue weighted by Gasteiger charge is -2.22. The van der Waals surface area contributed by atoms with Crippen molar-refractivity contribution in [1.82, 2.24) is 9.80 Å². The van der Waals surface area contributed by atoms with Gasteiger partial charge < -0.3 is 10.6 Å². The number of hydrogen-bond donors (Lipinski definition) is 1. The van der Waals surface area contributed by atoms with Crippen LogP contribution in [0.25, 0.3) is 0 Å². The minimum absolute atomic E-state index is 0.165. The second-order valence-corrected chi connectivity index (χ2v) is 7.38. The summed E-state index contributed by atoms with van der Waals surface area (Å²) in [5, 5.41) is 0. The molecule has 0 spiro atoms. The number of nitrogens with zero attached hydrogens (tertiary/aromatic N) is 2. The Labute approximate surface area is 156 Å². The predicted molar refractivity (Wildman–Crippen MR) is 106 cm³/mol. The van der Waals surface area contributed by atoms with E-state index in [1.165, 1.54) is 16.7 Å². The number of carbonyl (C=O) groups is 1. The van der Waals surface area contributed by atoms with Crippen LogP contribution in [0, 0.1) is 12.8 Å². The van der Waals surface area contributed by atoms with Crippen molar-refractivity contribution in [3.8, 4) is 0 Å². The molecule has 0 unspecified atom stereocenters. The second kappa shape index (κ2) is 8.47. The van der Waals surface area contributed by atoms with E-state index < -0.39 is 0 Å². The van der Waals surface area contributed by atoms with Gasteiger partial charge in [0.15, 0.2) is 0 Å². The molecule has 4 nitrogen and oxygen atoms in total. The second-order valence-electron chi connectivity index (χ2n) is 7.38. The third kappa shape index (κ3) is 4.32. The fraction of sp³-hybridized carbons (Fsp3) is 0.409. The number of rotatable bonds is 6. The maximum atomic E-state index is 12.7. The molecule has 0 bridgehead atoms. The van der Waals surface area contributed by atoms with Gasteiger partial charge in [-0.2, -0.15) is 0 Å². The summed E-state index contributed by atoms with van der Waals surface area (Å²) >= 11 is 0. The quantitative estimate of drug-likeness (QED) is 0.870. The van der Waals surface area contributed by atoms with Gasteiger partial charge in [-0.05, 0) is 36.1 Å². The average Bonchev–Trinajstić information content (AvgIpc) is 3.07. The number of likely N-dealkylation sites (tertiary alicyclic amines) is 1. The van der Waals surface area contributed by atoms with E-state index in [1.54, 1.807) is 0 Å². The van der Waals surface area contributed by atoms with Crippen molar-refractivity contribution in [2.45, 2.75) is 19.4 Å². The SMILES string of the molecule is Cc1ccccc1CN(C)C(=O)CN1C[C@@H](CN)[C@H](c2ccccc2)C1. The Kier molecular flexibility index (Phi) is 6.07. The number of likely N-dealkylation sites (N-methyl/N-ethyl adjacent to an activating group) is 1. The van der Waals surface area contributed by atoms with Gasteiger partial charge in [-0.25, -0.2) is 0 Å². The van der Waals surface area contributed by atoms with Crippen LogP contribution in [0.15, 0.2) is 54.6 Å². The highest BCUT2D eigenvalue weighted by atomic mass is 16.2. The lowest BCUT2D eigenvalue weighted by atomic mass is 9.89. The van der Waals surface area contributed by atoms with Crippen LogP contribution in [-0.2, 0) is 11.3 Å². The van der Waals surface area contributed by atoms with Gasteiger partial charge in [0.1, 0.15) is 0 Å². The highest BCUT2D eigenvalue weighted by molar-refractivity contribution is 5.78. The average molecular weight is 351 g/mol. The molecule has 1 saturated heterocycles. The maximum absolute atomic E-state index is 12.7. The van der Waals surface area contributed by atoms with E-state index in [2.05, 4.69) is 48.2 Å². The summed E-state index contributed by atoms with van der Waals surface area (Å²) in [5.41, 5.74) is 9.76. The Hall–Kier alpha value is -2.17. The number of hydrogen-bond acceptors (Lipinski definition) is 3. The minimum Gasteiger partial charge on any atom is -0.340 e. The van der Waals surface area contributed by atoms with Gasteiger partial charge >= 0.3 is 0 Å². The molecule has 0 aliphatic carbocycles. The maximum Gasteiger partial charge on any atom is 0.236 e. The third-order valence-corrected chi connectivity index (χ3v) is 5.50. The summed E-state index contributed by atoms with van der Waals surface area (Å²) in [6.45, 7) is 5.65. The Bertz CT molecular complexity index is 731. The molecule has 1 aliphatic heterocycles. The van der Waals surface area contributed by atoms with Gasteiger partial charge in [0, 0.05) is 32.6 Å². The largest absolute Gasteiger partial charge is 0.340 e. The van der Waals surface area contributed by atoms with E-state index >= 15 is 0 Å². The molecular formula is C22H29N3O. The standard InChI is InChI=1S/C22H29N3O/c1-17-8-6-7-11-19(17)13-24(2)22(26)16-25-14-20(12-23)21(15-25)18-9-4-3-5-10-18/h3-11,20-21H,12-16,23H2,1-2H3/t20-,21+/m1/s1. The molecule has 26 heavy (non-hydrogen) atoms. The van der Waals surface area contributed by atoms with Gasteiger partial charge in [-0.3, -0.25) is 9.69 Å². The summed E-state index contributed by atoms with van der Waals surface area (Å²) in [7, 11) is 1.89. The molecular weight excluding hydrogens is 322 g/mol. The van der Waals surface area contributed by atoms with Crippen LogP contribution < -0.4 is 5.73 Å². The number of amides is 1. The number of nitrogens with two attached hydrogens (primary N) is 1. The van der Waals surface area contributed by atoms with E-state index in [0.717, 1.165) is 13.1 Å². The van der Waals surface area contributed by atoms with Crippen LogP contribution in [0.5, 0.6) is 0 Å². The van der Waals surface area contributed by atoms with Crippen molar-refractivity contribution in [2.75, 3.05) is 33.2 Å². The first kappa shape index (κ1) is 18.6. The van der Waals surface area contributed by atoms with Gasteiger partial charge in [-0.15, -0.1) is 0 Å². The fourth-order valence-electron chi connectivity index (χ4n) is 3.85. The zero-order chi connectivity index (χ0) is 18.5. The molecule has 0 radical (unpaired) electrons. The van der Waals surface area contributed by atoms with Crippen LogP contribution in [0.3, 0.4) is 0 Å². The van der Waals surface area contributed by atoms with Crippen molar-refractivity contribution in [3.63, 3.8) is 0 Å². The lowest BCUT2D eigenvalue weighted by Crippen LogP contribution is -2.37. The summed E-state index contributed by atoms with van der Waals surface area (Å²) in [4.78, 5) is 16.8. The van der Waals surface area contributed by atoms with E-state index in [4.69, 9.17) is 5.73 Å². The smallest absolute Gasteiger partial charge is 0.236 e. The van der Waals surface area contributed by atoms with Gasteiger partial charge in [0.05, 0.1) is 6.54 Å². The normalized spacial score (nSPS) is 20.3. The van der Waals surface area contributed by atoms with Crippen LogP contribution in [0.4, 0.5) is 0 Å².